The van der Waals surface area contributed by atoms with E-state index >= 15 is 0 Å². The number of benzene rings is 1. The Bertz CT molecular complexity index is 1590. The van der Waals surface area contributed by atoms with Crippen molar-refractivity contribution < 1.29 is 18.0 Å². The molecule has 0 aliphatic heterocycles. The van der Waals surface area contributed by atoms with Gasteiger partial charge in [-0.15, -0.1) is 11.3 Å². The van der Waals surface area contributed by atoms with Gasteiger partial charge in [-0.2, -0.15) is 23.5 Å². The minimum Gasteiger partial charge on any atom is -0.311 e. The summed E-state index contributed by atoms with van der Waals surface area (Å²) in [4.78, 5) is 18.5. The number of thiophene rings is 1. The quantitative estimate of drug-likeness (QED) is 0.263. The summed E-state index contributed by atoms with van der Waals surface area (Å²) in [7, 11) is 0. The number of fused-ring (bicyclic) bond motifs is 2. The van der Waals surface area contributed by atoms with Gasteiger partial charge in [0, 0.05) is 21.0 Å². The number of hydrogen-bond donors (Lipinski definition) is 1. The van der Waals surface area contributed by atoms with Crippen LogP contribution in [0.25, 0.3) is 16.9 Å². The number of nitriles is 1. The summed E-state index contributed by atoms with van der Waals surface area (Å²) in [5.74, 6) is -0.245. The summed E-state index contributed by atoms with van der Waals surface area (Å²) in [6.45, 7) is 6.58. The Morgan fingerprint density at radius 2 is 1.92 bits per heavy atom. The lowest BCUT2D eigenvalue weighted by Gasteiger charge is -2.33. The molecule has 1 aromatic carbocycles. The Labute approximate surface area is 229 Å². The summed E-state index contributed by atoms with van der Waals surface area (Å²) in [6.07, 6.45) is -2.21. The third-order valence-electron chi connectivity index (χ3n) is 6.92. The average Bonchev–Trinajstić information content (AvgIpc) is 3.43. The van der Waals surface area contributed by atoms with Gasteiger partial charge in [-0.1, -0.05) is 48.8 Å². The highest BCUT2D eigenvalue weighted by Crippen LogP contribution is 2.44. The second-order valence-corrected chi connectivity index (χ2v) is 12.4. The van der Waals surface area contributed by atoms with Gasteiger partial charge in [0.2, 0.25) is 0 Å². The van der Waals surface area contributed by atoms with Crippen molar-refractivity contribution in [1.29, 1.82) is 5.26 Å². The van der Waals surface area contributed by atoms with Gasteiger partial charge in [0.15, 0.2) is 17.0 Å². The van der Waals surface area contributed by atoms with E-state index in [0.29, 0.717) is 26.6 Å². The van der Waals surface area contributed by atoms with Gasteiger partial charge in [0.25, 0.3) is 5.91 Å². The highest BCUT2D eigenvalue weighted by atomic mass is 79.9. The minimum absolute atomic E-state index is 0.107. The van der Waals surface area contributed by atoms with Crippen LogP contribution in [0.2, 0.25) is 0 Å². The van der Waals surface area contributed by atoms with E-state index in [9.17, 15) is 23.2 Å². The molecule has 6 nitrogen and oxygen atoms in total. The molecule has 0 fully saturated rings. The number of carbonyl (C=O) groups is 1. The maximum absolute atomic E-state index is 13.9. The molecule has 1 atom stereocenters. The molecule has 0 saturated heterocycles. The number of amides is 1. The molecule has 3 aromatic heterocycles. The van der Waals surface area contributed by atoms with E-state index in [1.807, 2.05) is 0 Å². The van der Waals surface area contributed by atoms with Crippen LogP contribution < -0.4 is 5.32 Å². The molecule has 0 bridgehead atoms. The number of nitrogens with zero attached hydrogens (tertiary/aromatic N) is 4. The standard InChI is InChI=1S/C27H23BrF3N5OS/c1-26(2,3)15-6-9-17-18(13-32)25(38-21(17)10-15)34-24(37)20-12-23-33-19(14-4-7-16(28)8-5-14)11-22(27(29,30)31)36(23)35-20/h4-5,7-8,11-12,15H,6,9-10H2,1-3H3,(H,34,37)/t15-/m0/s1. The van der Waals surface area contributed by atoms with Crippen LogP contribution in [0, 0.1) is 22.7 Å². The number of aromatic nitrogens is 3. The molecule has 0 spiro atoms. The first-order chi connectivity index (χ1) is 17.8. The highest BCUT2D eigenvalue weighted by Gasteiger charge is 2.36. The van der Waals surface area contributed by atoms with Crippen molar-refractivity contribution in [2.75, 3.05) is 5.32 Å². The molecule has 5 rings (SSSR count). The van der Waals surface area contributed by atoms with Crippen molar-refractivity contribution in [3.8, 4) is 17.3 Å². The molecular weight excluding hydrogens is 579 g/mol. The number of alkyl halides is 3. The molecule has 0 radical (unpaired) electrons. The van der Waals surface area contributed by atoms with Crippen molar-refractivity contribution in [2.45, 2.75) is 46.2 Å². The zero-order chi connectivity index (χ0) is 27.4. The molecule has 1 aliphatic carbocycles. The van der Waals surface area contributed by atoms with Crippen LogP contribution in [0.15, 0.2) is 40.9 Å². The smallest absolute Gasteiger partial charge is 0.311 e. The maximum atomic E-state index is 13.9. The molecule has 1 N–H and O–H groups in total. The molecule has 11 heteroatoms. The van der Waals surface area contributed by atoms with Gasteiger partial charge < -0.3 is 5.32 Å². The second-order valence-electron chi connectivity index (χ2n) is 10.4. The number of rotatable bonds is 3. The first-order valence-electron chi connectivity index (χ1n) is 11.9. The normalized spacial score (nSPS) is 15.8. The Morgan fingerprint density at radius 1 is 1.21 bits per heavy atom. The fourth-order valence-corrected chi connectivity index (χ4v) is 6.29. The number of halogens is 4. The predicted molar refractivity (Wildman–Crippen MR) is 143 cm³/mol. The first-order valence-corrected chi connectivity index (χ1v) is 13.6. The van der Waals surface area contributed by atoms with E-state index in [0.717, 1.165) is 40.2 Å². The molecular formula is C27H23BrF3N5OS. The fourth-order valence-electron chi connectivity index (χ4n) is 4.75. The number of hydrogen-bond acceptors (Lipinski definition) is 5. The molecule has 4 aromatic rings. The topological polar surface area (TPSA) is 83.1 Å². The molecule has 38 heavy (non-hydrogen) atoms. The lowest BCUT2D eigenvalue weighted by Crippen LogP contribution is -2.26. The molecule has 1 amide bonds. The van der Waals surface area contributed by atoms with Crippen LogP contribution in [-0.4, -0.2) is 20.5 Å². The molecule has 0 unspecified atom stereocenters. The molecule has 1 aliphatic rings. The van der Waals surface area contributed by atoms with Gasteiger partial charge >= 0.3 is 6.18 Å². The molecule has 196 valence electrons. The second kappa shape index (κ2) is 9.50. The predicted octanol–water partition coefficient (Wildman–Crippen LogP) is 7.51. The summed E-state index contributed by atoms with van der Waals surface area (Å²) in [5.41, 5.74) is 0.703. The monoisotopic (exact) mass is 601 g/mol. The van der Waals surface area contributed by atoms with E-state index in [1.54, 1.807) is 24.3 Å². The van der Waals surface area contributed by atoms with Gasteiger partial charge in [0.05, 0.1) is 11.3 Å². The van der Waals surface area contributed by atoms with Crippen molar-refractivity contribution >= 4 is 43.8 Å². The molecule has 3 heterocycles. The Hall–Kier alpha value is -3.23. The van der Waals surface area contributed by atoms with Crippen LogP contribution in [0.5, 0.6) is 0 Å². The third kappa shape index (κ3) is 4.95. The van der Waals surface area contributed by atoms with E-state index in [4.69, 9.17) is 0 Å². The summed E-state index contributed by atoms with van der Waals surface area (Å²) in [5, 5.41) is 16.9. The van der Waals surface area contributed by atoms with Gasteiger partial charge in [-0.05, 0) is 54.4 Å². The lowest BCUT2D eigenvalue weighted by atomic mass is 9.72. The van der Waals surface area contributed by atoms with Crippen molar-refractivity contribution in [1.82, 2.24) is 14.6 Å². The minimum atomic E-state index is -4.73. The van der Waals surface area contributed by atoms with Gasteiger partial charge in [0.1, 0.15) is 11.1 Å². The number of anilines is 1. The van der Waals surface area contributed by atoms with E-state index in [1.165, 1.54) is 17.4 Å². The van der Waals surface area contributed by atoms with Crippen LogP contribution in [0.4, 0.5) is 18.2 Å². The Balaban J connectivity index is 1.50. The Kier molecular flexibility index (Phi) is 6.60. The average molecular weight is 602 g/mol. The van der Waals surface area contributed by atoms with Gasteiger partial charge in [-0.25, -0.2) is 9.50 Å². The zero-order valence-electron chi connectivity index (χ0n) is 20.8. The lowest BCUT2D eigenvalue weighted by molar-refractivity contribution is -0.142. The Morgan fingerprint density at radius 3 is 2.55 bits per heavy atom. The highest BCUT2D eigenvalue weighted by molar-refractivity contribution is 9.10. The van der Waals surface area contributed by atoms with Gasteiger partial charge in [-0.3, -0.25) is 4.79 Å². The van der Waals surface area contributed by atoms with Crippen molar-refractivity contribution in [2.24, 2.45) is 11.3 Å². The number of nitrogens with one attached hydrogen (secondary N) is 1. The first kappa shape index (κ1) is 26.4. The van der Waals surface area contributed by atoms with Crippen molar-refractivity contribution in [3.05, 3.63) is 68.3 Å². The van der Waals surface area contributed by atoms with Crippen LogP contribution >= 0.6 is 27.3 Å². The van der Waals surface area contributed by atoms with Crippen LogP contribution in [0.3, 0.4) is 0 Å². The fraction of sp³-hybridized carbons (Fsp3) is 0.333. The zero-order valence-corrected chi connectivity index (χ0v) is 23.2. The summed E-state index contributed by atoms with van der Waals surface area (Å²) < 4.78 is 43.3. The van der Waals surface area contributed by atoms with E-state index in [2.05, 4.69) is 58.2 Å². The summed E-state index contributed by atoms with van der Waals surface area (Å²) in [6, 6.07) is 11.1. The van der Waals surface area contributed by atoms with E-state index in [-0.39, 0.29) is 22.5 Å². The summed E-state index contributed by atoms with van der Waals surface area (Å²) >= 11 is 4.67. The third-order valence-corrected chi connectivity index (χ3v) is 8.62. The van der Waals surface area contributed by atoms with Crippen LogP contribution in [-0.2, 0) is 19.0 Å². The number of carbonyl (C=O) groups excluding carboxylic acids is 1. The SMILES string of the molecule is CC(C)(C)[C@H]1CCc2c(sc(NC(=O)c3cc4nc(-c5ccc(Br)cc5)cc(C(F)(F)F)n4n3)c2C#N)C1. The van der Waals surface area contributed by atoms with Crippen molar-refractivity contribution in [3.63, 3.8) is 0 Å². The molecule has 0 saturated carbocycles. The maximum Gasteiger partial charge on any atom is 0.433 e. The largest absolute Gasteiger partial charge is 0.433 e. The van der Waals surface area contributed by atoms with E-state index < -0.39 is 17.8 Å². The van der Waals surface area contributed by atoms with Crippen LogP contribution in [0.1, 0.15) is 59.4 Å².